The van der Waals surface area contributed by atoms with E-state index >= 15 is 0 Å². The Bertz CT molecular complexity index is 695. The lowest BCUT2D eigenvalue weighted by Crippen LogP contribution is -2.35. The molecule has 4 nitrogen and oxygen atoms in total. The van der Waals surface area contributed by atoms with Crippen LogP contribution < -0.4 is 0 Å². The Balaban J connectivity index is 1.78. The monoisotopic (exact) mass is 303 g/mol. The fourth-order valence-electron chi connectivity index (χ4n) is 3.01. The van der Waals surface area contributed by atoms with Crippen molar-refractivity contribution in [2.45, 2.75) is 32.4 Å². The van der Waals surface area contributed by atoms with E-state index in [-0.39, 0.29) is 5.82 Å². The summed E-state index contributed by atoms with van der Waals surface area (Å²) in [6.45, 7) is 3.08. The molecule has 1 saturated heterocycles. The van der Waals surface area contributed by atoms with E-state index in [1.54, 1.807) is 6.07 Å². The van der Waals surface area contributed by atoms with Crippen LogP contribution in [0.1, 0.15) is 24.2 Å². The van der Waals surface area contributed by atoms with Crippen LogP contribution >= 0.6 is 0 Å². The number of carbonyl (C=O) groups is 1. The predicted octanol–water partition coefficient (Wildman–Crippen LogP) is 3.44. The molecular formula is C17H18FNO3. The highest BCUT2D eigenvalue weighted by Gasteiger charge is 2.30. The zero-order chi connectivity index (χ0) is 15.7. The highest BCUT2D eigenvalue weighted by Crippen LogP contribution is 2.28. The van der Waals surface area contributed by atoms with Crippen molar-refractivity contribution in [2.24, 2.45) is 0 Å². The standard InChI is InChI=1S/C17H18FNO3/c1-11-9-12(18)4-6-14(11)16-7-5-13(22-16)10-19-8-2-3-15(19)17(20)21/h4-7,9,15H,2-3,8,10H2,1H3,(H,20,21)/t15-/m1/s1. The maximum absolute atomic E-state index is 13.2. The Morgan fingerprint density at radius 2 is 2.23 bits per heavy atom. The summed E-state index contributed by atoms with van der Waals surface area (Å²) in [6, 6.07) is 7.85. The third-order valence-corrected chi connectivity index (χ3v) is 4.12. The number of nitrogens with zero attached hydrogens (tertiary/aromatic N) is 1. The van der Waals surface area contributed by atoms with Gasteiger partial charge in [0, 0.05) is 5.56 Å². The number of aliphatic carboxylic acids is 1. The van der Waals surface area contributed by atoms with Crippen LogP contribution in [0.2, 0.25) is 0 Å². The summed E-state index contributed by atoms with van der Waals surface area (Å²) in [5, 5.41) is 9.20. The number of benzene rings is 1. The zero-order valence-electron chi connectivity index (χ0n) is 12.4. The molecule has 0 unspecified atom stereocenters. The first kappa shape index (κ1) is 14.8. The van der Waals surface area contributed by atoms with Gasteiger partial charge in [0.25, 0.3) is 0 Å². The smallest absolute Gasteiger partial charge is 0.320 e. The summed E-state index contributed by atoms with van der Waals surface area (Å²) in [6.07, 6.45) is 1.57. The van der Waals surface area contributed by atoms with Gasteiger partial charge < -0.3 is 9.52 Å². The Hall–Kier alpha value is -2.14. The van der Waals surface area contributed by atoms with E-state index in [2.05, 4.69) is 0 Å². The van der Waals surface area contributed by atoms with E-state index in [1.807, 2.05) is 24.0 Å². The van der Waals surface area contributed by atoms with E-state index in [0.29, 0.717) is 18.7 Å². The first-order valence-electron chi connectivity index (χ1n) is 7.36. The van der Waals surface area contributed by atoms with Gasteiger partial charge >= 0.3 is 5.97 Å². The van der Waals surface area contributed by atoms with Gasteiger partial charge in [-0.3, -0.25) is 9.69 Å². The molecule has 3 rings (SSSR count). The van der Waals surface area contributed by atoms with Crippen molar-refractivity contribution in [1.82, 2.24) is 4.90 Å². The first-order valence-corrected chi connectivity index (χ1v) is 7.36. The lowest BCUT2D eigenvalue weighted by Gasteiger charge is -2.19. The summed E-state index contributed by atoms with van der Waals surface area (Å²) in [7, 11) is 0. The Kier molecular flexibility index (Phi) is 3.98. The van der Waals surface area contributed by atoms with Gasteiger partial charge in [0.15, 0.2) is 0 Å². The van der Waals surface area contributed by atoms with Gasteiger partial charge in [-0.05, 0) is 62.2 Å². The van der Waals surface area contributed by atoms with Crippen molar-refractivity contribution in [3.8, 4) is 11.3 Å². The highest BCUT2D eigenvalue weighted by molar-refractivity contribution is 5.73. The van der Waals surface area contributed by atoms with Crippen LogP contribution in [0.3, 0.4) is 0 Å². The average molecular weight is 303 g/mol. The maximum atomic E-state index is 13.2. The van der Waals surface area contributed by atoms with Crippen LogP contribution in [0.4, 0.5) is 4.39 Å². The van der Waals surface area contributed by atoms with Crippen molar-refractivity contribution in [3.05, 3.63) is 47.5 Å². The molecule has 1 N–H and O–H groups in total. The van der Waals surface area contributed by atoms with Crippen molar-refractivity contribution >= 4 is 5.97 Å². The molecular weight excluding hydrogens is 285 g/mol. The number of rotatable bonds is 4. The average Bonchev–Trinajstić information content (AvgIpc) is 3.08. The molecule has 0 amide bonds. The second-order valence-corrected chi connectivity index (χ2v) is 5.69. The first-order chi connectivity index (χ1) is 10.5. The lowest BCUT2D eigenvalue weighted by molar-refractivity contribution is -0.142. The van der Waals surface area contributed by atoms with Gasteiger partial charge in [-0.1, -0.05) is 0 Å². The van der Waals surface area contributed by atoms with Gasteiger partial charge in [-0.15, -0.1) is 0 Å². The van der Waals surface area contributed by atoms with Gasteiger partial charge in [0.2, 0.25) is 0 Å². The molecule has 0 saturated carbocycles. The number of hydrogen-bond donors (Lipinski definition) is 1. The summed E-state index contributed by atoms with van der Waals surface area (Å²) >= 11 is 0. The zero-order valence-corrected chi connectivity index (χ0v) is 12.4. The Labute approximate surface area is 128 Å². The number of hydrogen-bond acceptors (Lipinski definition) is 3. The van der Waals surface area contributed by atoms with Crippen LogP contribution in [-0.2, 0) is 11.3 Å². The van der Waals surface area contributed by atoms with Gasteiger partial charge in [-0.2, -0.15) is 0 Å². The molecule has 1 atom stereocenters. The largest absolute Gasteiger partial charge is 0.480 e. The van der Waals surface area contributed by atoms with E-state index < -0.39 is 12.0 Å². The molecule has 2 aromatic rings. The summed E-state index contributed by atoms with van der Waals surface area (Å²) in [5.41, 5.74) is 1.66. The maximum Gasteiger partial charge on any atom is 0.320 e. The summed E-state index contributed by atoms with van der Waals surface area (Å²) in [5.74, 6) is 0.360. The van der Waals surface area contributed by atoms with Gasteiger partial charge in [0.05, 0.1) is 6.54 Å². The Morgan fingerprint density at radius 3 is 2.95 bits per heavy atom. The second kappa shape index (κ2) is 5.93. The third-order valence-electron chi connectivity index (χ3n) is 4.12. The molecule has 0 bridgehead atoms. The number of halogens is 1. The summed E-state index contributed by atoms with van der Waals surface area (Å²) < 4.78 is 19.0. The molecule has 1 aromatic heterocycles. The van der Waals surface area contributed by atoms with Crippen molar-refractivity contribution in [2.75, 3.05) is 6.54 Å². The molecule has 1 aliphatic heterocycles. The normalized spacial score (nSPS) is 18.7. The number of furan rings is 1. The fraction of sp³-hybridized carbons (Fsp3) is 0.353. The molecule has 1 aliphatic rings. The number of carboxylic acids is 1. The lowest BCUT2D eigenvalue weighted by atomic mass is 10.1. The minimum atomic E-state index is -0.779. The molecule has 0 spiro atoms. The van der Waals surface area contributed by atoms with Gasteiger partial charge in [-0.25, -0.2) is 4.39 Å². The van der Waals surface area contributed by atoms with Crippen molar-refractivity contribution in [3.63, 3.8) is 0 Å². The van der Waals surface area contributed by atoms with E-state index in [0.717, 1.165) is 29.9 Å². The van der Waals surface area contributed by atoms with E-state index in [9.17, 15) is 14.3 Å². The third kappa shape index (κ3) is 2.90. The topological polar surface area (TPSA) is 53.7 Å². The molecule has 0 radical (unpaired) electrons. The molecule has 22 heavy (non-hydrogen) atoms. The second-order valence-electron chi connectivity index (χ2n) is 5.69. The van der Waals surface area contributed by atoms with Crippen molar-refractivity contribution in [1.29, 1.82) is 0 Å². The number of carboxylic acid groups (broad SMARTS) is 1. The minimum Gasteiger partial charge on any atom is -0.480 e. The van der Waals surface area contributed by atoms with E-state index in [1.165, 1.54) is 12.1 Å². The van der Waals surface area contributed by atoms with Crippen LogP contribution in [0.15, 0.2) is 34.7 Å². The molecule has 1 aromatic carbocycles. The molecule has 1 fully saturated rings. The summed E-state index contributed by atoms with van der Waals surface area (Å²) in [4.78, 5) is 13.1. The predicted molar refractivity (Wildman–Crippen MR) is 79.9 cm³/mol. The fourth-order valence-corrected chi connectivity index (χ4v) is 3.01. The van der Waals surface area contributed by atoms with Crippen molar-refractivity contribution < 1.29 is 18.7 Å². The van der Waals surface area contributed by atoms with Crippen LogP contribution in [0.25, 0.3) is 11.3 Å². The SMILES string of the molecule is Cc1cc(F)ccc1-c1ccc(CN2CCC[C@@H]2C(=O)O)o1. The Morgan fingerprint density at radius 1 is 1.41 bits per heavy atom. The molecule has 116 valence electrons. The van der Waals surface area contributed by atoms with E-state index in [4.69, 9.17) is 4.42 Å². The number of likely N-dealkylation sites (tertiary alicyclic amines) is 1. The van der Waals surface area contributed by atoms with Crippen LogP contribution in [-0.4, -0.2) is 28.6 Å². The van der Waals surface area contributed by atoms with Crippen LogP contribution in [0, 0.1) is 12.7 Å². The molecule has 5 heteroatoms. The minimum absolute atomic E-state index is 0.269. The number of aryl methyl sites for hydroxylation is 1. The molecule has 0 aliphatic carbocycles. The van der Waals surface area contributed by atoms with Gasteiger partial charge in [0.1, 0.15) is 23.4 Å². The molecule has 2 heterocycles. The highest BCUT2D eigenvalue weighted by atomic mass is 19.1. The quantitative estimate of drug-likeness (QED) is 0.940. The van der Waals surface area contributed by atoms with Crippen LogP contribution in [0.5, 0.6) is 0 Å².